The maximum Gasteiger partial charge on any atom is 0.251 e. The Kier molecular flexibility index (Phi) is 5.85. The van der Waals surface area contributed by atoms with Crippen molar-refractivity contribution >= 4 is 39.9 Å². The number of benzene rings is 2. The number of hydrogen-bond donors (Lipinski definition) is 1. The Balaban J connectivity index is 1.50. The van der Waals surface area contributed by atoms with Crippen molar-refractivity contribution in [3.8, 4) is 0 Å². The maximum atomic E-state index is 13.1. The average molecular weight is 420 g/mol. The summed E-state index contributed by atoms with van der Waals surface area (Å²) in [4.78, 5) is 27.4. The topological polar surface area (TPSA) is 94.1 Å². The van der Waals surface area contributed by atoms with Crippen molar-refractivity contribution < 1.29 is 9.59 Å². The number of rotatable bonds is 7. The van der Waals surface area contributed by atoms with Gasteiger partial charge < -0.3 is 5.73 Å². The van der Waals surface area contributed by atoms with Gasteiger partial charge in [0.2, 0.25) is 5.91 Å². The molecule has 152 valence electrons. The van der Waals surface area contributed by atoms with Gasteiger partial charge in [0, 0.05) is 12.1 Å². The summed E-state index contributed by atoms with van der Waals surface area (Å²) in [5.41, 5.74) is 9.80. The minimum Gasteiger partial charge on any atom is -0.399 e. The first-order valence-electron chi connectivity index (χ1n) is 9.57. The van der Waals surface area contributed by atoms with E-state index in [0.29, 0.717) is 17.6 Å². The Morgan fingerprint density at radius 2 is 1.80 bits per heavy atom. The standard InChI is InChI=1S/C22H21N5O2S/c23-18-8-5-16(6-9-18)7-10-21(28)26(13-17-11-12-30-15-17)22(29)14-27-20-4-2-1-3-19(20)24-25-27/h1-6,8-9,11-12,15H,7,10,13-14,23H2. The van der Waals surface area contributed by atoms with Crippen LogP contribution < -0.4 is 5.73 Å². The number of amides is 2. The van der Waals surface area contributed by atoms with Gasteiger partial charge in [-0.2, -0.15) is 11.3 Å². The SMILES string of the molecule is Nc1ccc(CCC(=O)N(Cc2ccsc2)C(=O)Cn2nnc3ccccc32)cc1. The first-order valence-corrected chi connectivity index (χ1v) is 10.5. The summed E-state index contributed by atoms with van der Waals surface area (Å²) in [6, 6.07) is 16.8. The molecule has 0 aliphatic carbocycles. The molecule has 0 bridgehead atoms. The zero-order chi connectivity index (χ0) is 20.9. The Morgan fingerprint density at radius 3 is 2.57 bits per heavy atom. The summed E-state index contributed by atoms with van der Waals surface area (Å²) < 4.78 is 1.53. The third-order valence-corrected chi connectivity index (χ3v) is 5.57. The van der Waals surface area contributed by atoms with Crippen molar-refractivity contribution in [3.63, 3.8) is 0 Å². The Bertz CT molecular complexity index is 1150. The normalized spacial score (nSPS) is 10.9. The van der Waals surface area contributed by atoms with Crippen LogP contribution in [-0.4, -0.2) is 31.7 Å². The lowest BCUT2D eigenvalue weighted by atomic mass is 10.1. The minimum absolute atomic E-state index is 0.0434. The van der Waals surface area contributed by atoms with Crippen molar-refractivity contribution in [2.24, 2.45) is 0 Å². The second-order valence-corrected chi connectivity index (χ2v) is 7.76. The summed E-state index contributed by atoms with van der Waals surface area (Å²) in [7, 11) is 0. The molecular formula is C22H21N5O2S. The number of para-hydroxylation sites is 1. The second-order valence-electron chi connectivity index (χ2n) is 6.98. The van der Waals surface area contributed by atoms with E-state index < -0.39 is 0 Å². The van der Waals surface area contributed by atoms with E-state index in [1.807, 2.05) is 65.4 Å². The summed E-state index contributed by atoms with van der Waals surface area (Å²) in [6.45, 7) is 0.202. The van der Waals surface area contributed by atoms with Gasteiger partial charge in [-0.15, -0.1) is 5.10 Å². The van der Waals surface area contributed by atoms with Crippen LogP contribution in [0.3, 0.4) is 0 Å². The van der Waals surface area contributed by atoms with E-state index in [1.54, 1.807) is 0 Å². The van der Waals surface area contributed by atoms with E-state index in [2.05, 4.69) is 10.3 Å². The van der Waals surface area contributed by atoms with Crippen molar-refractivity contribution in [2.75, 3.05) is 5.73 Å². The molecule has 0 spiro atoms. The smallest absolute Gasteiger partial charge is 0.251 e. The van der Waals surface area contributed by atoms with Crippen molar-refractivity contribution in [2.45, 2.75) is 25.9 Å². The molecule has 0 aliphatic rings. The molecule has 2 amide bonds. The van der Waals surface area contributed by atoms with Gasteiger partial charge in [-0.1, -0.05) is 29.5 Å². The van der Waals surface area contributed by atoms with Gasteiger partial charge in [0.05, 0.1) is 12.1 Å². The van der Waals surface area contributed by atoms with Gasteiger partial charge >= 0.3 is 0 Å². The summed E-state index contributed by atoms with van der Waals surface area (Å²) in [5, 5.41) is 12.0. The van der Waals surface area contributed by atoms with Gasteiger partial charge in [-0.3, -0.25) is 14.5 Å². The predicted octanol–water partition coefficient (Wildman–Crippen LogP) is 3.26. The van der Waals surface area contributed by atoms with Crippen LogP contribution in [0.1, 0.15) is 17.5 Å². The number of imide groups is 1. The molecule has 2 N–H and O–H groups in total. The Labute approximate surface area is 177 Å². The summed E-state index contributed by atoms with van der Waals surface area (Å²) in [6.07, 6.45) is 0.774. The van der Waals surface area contributed by atoms with Crippen LogP contribution in [0.15, 0.2) is 65.4 Å². The van der Waals surface area contributed by atoms with Gasteiger partial charge in [-0.05, 0) is 58.6 Å². The Morgan fingerprint density at radius 1 is 1.00 bits per heavy atom. The first kappa shape index (κ1) is 19.8. The quantitative estimate of drug-likeness (QED) is 0.464. The number of hydrogen-bond acceptors (Lipinski definition) is 6. The largest absolute Gasteiger partial charge is 0.399 e. The fraction of sp³-hybridized carbons (Fsp3) is 0.182. The highest BCUT2D eigenvalue weighted by atomic mass is 32.1. The van der Waals surface area contributed by atoms with E-state index in [-0.39, 0.29) is 31.3 Å². The molecule has 0 saturated carbocycles. The van der Waals surface area contributed by atoms with Crippen molar-refractivity contribution in [1.82, 2.24) is 19.9 Å². The number of fused-ring (bicyclic) bond motifs is 1. The molecule has 0 saturated heterocycles. The van der Waals surface area contributed by atoms with E-state index in [4.69, 9.17) is 5.73 Å². The number of carbonyl (C=O) groups is 2. The average Bonchev–Trinajstić information content (AvgIpc) is 3.41. The molecule has 0 aliphatic heterocycles. The molecule has 4 aromatic rings. The highest BCUT2D eigenvalue weighted by Crippen LogP contribution is 2.15. The number of nitrogen functional groups attached to an aromatic ring is 1. The van der Waals surface area contributed by atoms with Crippen LogP contribution in [0.25, 0.3) is 11.0 Å². The maximum absolute atomic E-state index is 13.1. The van der Waals surface area contributed by atoms with E-state index in [1.165, 1.54) is 20.9 Å². The van der Waals surface area contributed by atoms with E-state index in [9.17, 15) is 9.59 Å². The van der Waals surface area contributed by atoms with E-state index in [0.717, 1.165) is 16.6 Å². The minimum atomic E-state index is -0.306. The molecule has 0 fully saturated rings. The van der Waals surface area contributed by atoms with Crippen LogP contribution >= 0.6 is 11.3 Å². The van der Waals surface area contributed by atoms with Gasteiger partial charge in [0.1, 0.15) is 12.1 Å². The number of anilines is 1. The fourth-order valence-electron chi connectivity index (χ4n) is 3.20. The summed E-state index contributed by atoms with van der Waals surface area (Å²) in [5.74, 6) is -0.522. The number of nitrogens with zero attached hydrogens (tertiary/aromatic N) is 4. The second kappa shape index (κ2) is 8.87. The Hall–Kier alpha value is -3.52. The van der Waals surface area contributed by atoms with Crippen molar-refractivity contribution in [3.05, 3.63) is 76.5 Å². The molecule has 0 radical (unpaired) electrons. The monoisotopic (exact) mass is 419 g/mol. The zero-order valence-electron chi connectivity index (χ0n) is 16.3. The molecule has 7 nitrogen and oxygen atoms in total. The van der Waals surface area contributed by atoms with Crippen LogP contribution in [0.2, 0.25) is 0 Å². The number of thiophene rings is 1. The lowest BCUT2D eigenvalue weighted by Crippen LogP contribution is -2.38. The lowest BCUT2D eigenvalue weighted by molar-refractivity contribution is -0.146. The van der Waals surface area contributed by atoms with Crippen LogP contribution in [0.4, 0.5) is 5.69 Å². The van der Waals surface area contributed by atoms with Crippen LogP contribution in [0, 0.1) is 0 Å². The molecule has 8 heteroatoms. The molecule has 2 aromatic heterocycles. The molecule has 0 atom stereocenters. The summed E-state index contributed by atoms with van der Waals surface area (Å²) >= 11 is 1.54. The lowest BCUT2D eigenvalue weighted by Gasteiger charge is -2.21. The third-order valence-electron chi connectivity index (χ3n) is 4.84. The third kappa shape index (κ3) is 4.55. The molecule has 2 aromatic carbocycles. The van der Waals surface area contributed by atoms with Gasteiger partial charge in [-0.25, -0.2) is 4.68 Å². The zero-order valence-corrected chi connectivity index (χ0v) is 17.1. The fourth-order valence-corrected chi connectivity index (χ4v) is 3.86. The highest BCUT2D eigenvalue weighted by Gasteiger charge is 2.23. The van der Waals surface area contributed by atoms with Gasteiger partial charge in [0.25, 0.3) is 5.91 Å². The number of nitrogens with two attached hydrogens (primary N) is 1. The van der Waals surface area contributed by atoms with E-state index >= 15 is 0 Å². The van der Waals surface area contributed by atoms with Crippen LogP contribution in [-0.2, 0) is 29.1 Å². The molecule has 2 heterocycles. The molecule has 4 rings (SSSR count). The molecule has 0 unspecified atom stereocenters. The first-order chi connectivity index (χ1) is 14.6. The van der Waals surface area contributed by atoms with Crippen LogP contribution in [0.5, 0.6) is 0 Å². The predicted molar refractivity (Wildman–Crippen MR) is 117 cm³/mol. The van der Waals surface area contributed by atoms with Gasteiger partial charge in [0.15, 0.2) is 0 Å². The molecule has 30 heavy (non-hydrogen) atoms. The molecular weight excluding hydrogens is 398 g/mol. The van der Waals surface area contributed by atoms with Crippen molar-refractivity contribution in [1.29, 1.82) is 0 Å². The number of carbonyl (C=O) groups excluding carboxylic acids is 2. The highest BCUT2D eigenvalue weighted by molar-refractivity contribution is 7.07. The number of aromatic nitrogens is 3. The number of aryl methyl sites for hydroxylation is 1.